The first-order valence-electron chi connectivity index (χ1n) is 5.79. The maximum absolute atomic E-state index is 9.55. The van der Waals surface area contributed by atoms with Crippen LogP contribution >= 0.6 is 11.6 Å². The number of ether oxygens (including phenoxy) is 2. The van der Waals surface area contributed by atoms with Gasteiger partial charge in [-0.2, -0.15) is 0 Å². The second-order valence-corrected chi connectivity index (χ2v) is 5.10. The lowest BCUT2D eigenvalue weighted by Gasteiger charge is -2.18. The summed E-state index contributed by atoms with van der Waals surface area (Å²) in [5.74, 6) is 1.76. The predicted octanol–water partition coefficient (Wildman–Crippen LogP) is 3.12. The summed E-state index contributed by atoms with van der Waals surface area (Å²) in [6.07, 6.45) is 0.105. The highest BCUT2D eigenvalue weighted by molar-refractivity contribution is 6.31. The monoisotopic (exact) mass is 256 g/mol. The average molecular weight is 257 g/mol. The molecule has 1 unspecified atom stereocenters. The van der Waals surface area contributed by atoms with Crippen LogP contribution in [0.1, 0.15) is 37.8 Å². The Morgan fingerprint density at radius 1 is 1.35 bits per heavy atom. The van der Waals surface area contributed by atoms with Gasteiger partial charge in [0.15, 0.2) is 11.5 Å². The van der Waals surface area contributed by atoms with Crippen LogP contribution in [-0.2, 0) is 6.42 Å². The first-order chi connectivity index (χ1) is 8.00. The zero-order valence-electron chi connectivity index (χ0n) is 10.3. The third kappa shape index (κ3) is 2.35. The van der Waals surface area contributed by atoms with Gasteiger partial charge < -0.3 is 14.6 Å². The van der Waals surface area contributed by atoms with E-state index in [0.29, 0.717) is 17.2 Å². The summed E-state index contributed by atoms with van der Waals surface area (Å²) < 4.78 is 10.9. The molecule has 1 aromatic rings. The van der Waals surface area contributed by atoms with Gasteiger partial charge in [0.1, 0.15) is 0 Å². The summed E-state index contributed by atoms with van der Waals surface area (Å²) in [5, 5.41) is 10.2. The van der Waals surface area contributed by atoms with Crippen molar-refractivity contribution >= 4 is 11.6 Å². The number of aliphatic hydroxyl groups excluding tert-OH is 1. The largest absolute Gasteiger partial charge is 0.454 e. The van der Waals surface area contributed by atoms with Crippen molar-refractivity contribution < 1.29 is 14.6 Å². The molecule has 94 valence electrons. The highest BCUT2D eigenvalue weighted by Gasteiger charge is 2.25. The maximum Gasteiger partial charge on any atom is 0.231 e. The van der Waals surface area contributed by atoms with Crippen molar-refractivity contribution in [2.24, 2.45) is 0 Å². The molecule has 0 aromatic heterocycles. The van der Waals surface area contributed by atoms with Crippen LogP contribution in [0.15, 0.2) is 6.07 Å². The Morgan fingerprint density at radius 3 is 2.65 bits per heavy atom. The highest BCUT2D eigenvalue weighted by atomic mass is 35.5. The first kappa shape index (κ1) is 12.5. The molecule has 0 amide bonds. The van der Waals surface area contributed by atoms with Gasteiger partial charge >= 0.3 is 0 Å². The van der Waals surface area contributed by atoms with Gasteiger partial charge in [-0.3, -0.25) is 0 Å². The number of fused-ring (bicyclic) bond motifs is 1. The van der Waals surface area contributed by atoms with Crippen molar-refractivity contribution in [3.63, 3.8) is 0 Å². The van der Waals surface area contributed by atoms with Crippen LogP contribution in [0.4, 0.5) is 0 Å². The number of benzene rings is 1. The number of hydrogen-bond acceptors (Lipinski definition) is 3. The van der Waals surface area contributed by atoms with Gasteiger partial charge in [-0.1, -0.05) is 25.4 Å². The normalized spacial score (nSPS) is 15.4. The van der Waals surface area contributed by atoms with Crippen LogP contribution in [0.25, 0.3) is 0 Å². The quantitative estimate of drug-likeness (QED) is 0.903. The summed E-state index contributed by atoms with van der Waals surface area (Å²) in [6.45, 7) is 6.16. The lowest BCUT2D eigenvalue weighted by molar-refractivity contribution is 0.173. The van der Waals surface area contributed by atoms with E-state index in [-0.39, 0.29) is 12.7 Å². The summed E-state index contributed by atoms with van der Waals surface area (Å²) in [4.78, 5) is 0. The van der Waals surface area contributed by atoms with Crippen molar-refractivity contribution in [3.05, 3.63) is 22.2 Å². The molecule has 3 nitrogen and oxygen atoms in total. The lowest BCUT2D eigenvalue weighted by Crippen LogP contribution is -2.09. The van der Waals surface area contributed by atoms with Crippen molar-refractivity contribution in [3.8, 4) is 11.5 Å². The highest BCUT2D eigenvalue weighted by Crippen LogP contribution is 2.44. The predicted molar refractivity (Wildman–Crippen MR) is 67.0 cm³/mol. The molecule has 1 N–H and O–H groups in total. The SMILES string of the molecule is CC(O)Cc1c(Cl)cc2c(c1C(C)C)OCO2. The number of aliphatic hydroxyl groups is 1. The van der Waals surface area contributed by atoms with Gasteiger partial charge in [0.05, 0.1) is 6.10 Å². The van der Waals surface area contributed by atoms with E-state index in [1.165, 1.54) is 0 Å². The fourth-order valence-corrected chi connectivity index (χ4v) is 2.47. The van der Waals surface area contributed by atoms with Crippen molar-refractivity contribution in [2.45, 2.75) is 39.2 Å². The molecule has 0 radical (unpaired) electrons. The number of hydrogen-bond donors (Lipinski definition) is 1. The van der Waals surface area contributed by atoms with Crippen LogP contribution in [-0.4, -0.2) is 18.0 Å². The molecule has 0 saturated carbocycles. The molecule has 4 heteroatoms. The minimum Gasteiger partial charge on any atom is -0.454 e. The number of rotatable bonds is 3. The Labute approximate surface area is 106 Å². The van der Waals surface area contributed by atoms with Crippen LogP contribution in [0, 0.1) is 0 Å². The summed E-state index contributed by atoms with van der Waals surface area (Å²) >= 11 is 6.25. The molecule has 0 aliphatic carbocycles. The van der Waals surface area contributed by atoms with Gasteiger partial charge in [0.25, 0.3) is 0 Å². The molecular formula is C13H17ClO3. The van der Waals surface area contributed by atoms with Gasteiger partial charge in [-0.05, 0) is 24.8 Å². The van der Waals surface area contributed by atoms with E-state index in [9.17, 15) is 5.11 Å². The molecule has 0 fully saturated rings. The van der Waals surface area contributed by atoms with Gasteiger partial charge in [-0.15, -0.1) is 0 Å². The Balaban J connectivity index is 2.56. The van der Waals surface area contributed by atoms with Crippen molar-refractivity contribution in [1.82, 2.24) is 0 Å². The van der Waals surface area contributed by atoms with Crippen LogP contribution in [0.2, 0.25) is 5.02 Å². The molecule has 0 bridgehead atoms. The lowest BCUT2D eigenvalue weighted by atomic mass is 9.92. The molecule has 1 aliphatic rings. The zero-order valence-corrected chi connectivity index (χ0v) is 11.0. The van der Waals surface area contributed by atoms with Gasteiger partial charge in [0.2, 0.25) is 6.79 Å². The second-order valence-electron chi connectivity index (χ2n) is 4.69. The van der Waals surface area contributed by atoms with E-state index in [0.717, 1.165) is 16.9 Å². The smallest absolute Gasteiger partial charge is 0.231 e. The van der Waals surface area contributed by atoms with Crippen LogP contribution < -0.4 is 9.47 Å². The second kappa shape index (κ2) is 4.75. The third-order valence-electron chi connectivity index (χ3n) is 2.83. The van der Waals surface area contributed by atoms with E-state index in [1.807, 2.05) is 0 Å². The summed E-state index contributed by atoms with van der Waals surface area (Å²) in [6, 6.07) is 1.77. The molecule has 0 spiro atoms. The van der Waals surface area contributed by atoms with Gasteiger partial charge in [0, 0.05) is 16.7 Å². The molecule has 0 saturated heterocycles. The zero-order chi connectivity index (χ0) is 12.6. The minimum absolute atomic E-state index is 0.240. The molecular weight excluding hydrogens is 240 g/mol. The summed E-state index contributed by atoms with van der Waals surface area (Å²) in [7, 11) is 0. The van der Waals surface area contributed by atoms with Gasteiger partial charge in [-0.25, -0.2) is 0 Å². The van der Waals surface area contributed by atoms with Crippen molar-refractivity contribution in [2.75, 3.05) is 6.79 Å². The topological polar surface area (TPSA) is 38.7 Å². The Hall–Kier alpha value is -0.930. The van der Waals surface area contributed by atoms with E-state index in [1.54, 1.807) is 13.0 Å². The van der Waals surface area contributed by atoms with E-state index < -0.39 is 6.10 Å². The minimum atomic E-state index is -0.426. The maximum atomic E-state index is 9.55. The van der Waals surface area contributed by atoms with Crippen molar-refractivity contribution in [1.29, 1.82) is 0 Å². The third-order valence-corrected chi connectivity index (χ3v) is 3.17. The van der Waals surface area contributed by atoms with Crippen LogP contribution in [0.3, 0.4) is 0 Å². The van der Waals surface area contributed by atoms with E-state index in [2.05, 4.69) is 13.8 Å². The van der Waals surface area contributed by atoms with E-state index in [4.69, 9.17) is 21.1 Å². The fourth-order valence-electron chi connectivity index (χ4n) is 2.19. The Morgan fingerprint density at radius 2 is 2.06 bits per heavy atom. The molecule has 1 heterocycles. The molecule has 2 rings (SSSR count). The fraction of sp³-hybridized carbons (Fsp3) is 0.538. The first-order valence-corrected chi connectivity index (χ1v) is 6.17. The number of halogens is 1. The Kier molecular flexibility index (Phi) is 3.50. The average Bonchev–Trinajstić information content (AvgIpc) is 2.64. The molecule has 1 aliphatic heterocycles. The van der Waals surface area contributed by atoms with E-state index >= 15 is 0 Å². The summed E-state index contributed by atoms with van der Waals surface area (Å²) in [5.41, 5.74) is 2.01. The molecule has 1 aromatic carbocycles. The Bertz CT molecular complexity index is 427. The molecule has 1 atom stereocenters. The standard InChI is InChI=1S/C13H17ClO3/c1-7(2)12-9(4-8(3)15)10(14)5-11-13(12)17-6-16-11/h5,7-8,15H,4,6H2,1-3H3. The van der Waals surface area contributed by atoms with Crippen LogP contribution in [0.5, 0.6) is 11.5 Å². The molecule has 17 heavy (non-hydrogen) atoms.